The maximum absolute atomic E-state index is 5.94. The van der Waals surface area contributed by atoms with Crippen LogP contribution in [0.2, 0.25) is 0 Å². The van der Waals surface area contributed by atoms with Crippen molar-refractivity contribution in [3.8, 4) is 0 Å². The normalized spacial score (nSPS) is 13.1. The molecule has 0 aliphatic carbocycles. The van der Waals surface area contributed by atoms with Crippen LogP contribution in [0, 0.1) is 0 Å². The van der Waals surface area contributed by atoms with Gasteiger partial charge in [-0.2, -0.15) is 0 Å². The summed E-state index contributed by atoms with van der Waals surface area (Å²) in [5.41, 5.74) is 5.94. The number of likely N-dealkylation sites (N-methyl/N-ethyl adjacent to an activating group) is 1. The molecule has 0 aromatic carbocycles. The predicted octanol–water partition coefficient (Wildman–Crippen LogP) is 4.39. The molecule has 0 amide bonds. The lowest BCUT2D eigenvalue weighted by molar-refractivity contribution is 0.180. The van der Waals surface area contributed by atoms with Gasteiger partial charge in [0, 0.05) is 18.0 Å². The van der Waals surface area contributed by atoms with Gasteiger partial charge in [0.25, 0.3) is 0 Å². The van der Waals surface area contributed by atoms with Crippen LogP contribution in [0.15, 0.2) is 37.1 Å². The SMILES string of the molecule is CCN(Cc1cccs1)C(CN)c1cc(Br)c(Br)o1. The van der Waals surface area contributed by atoms with Gasteiger partial charge >= 0.3 is 0 Å². The summed E-state index contributed by atoms with van der Waals surface area (Å²) < 4.78 is 7.36. The van der Waals surface area contributed by atoms with E-state index in [1.165, 1.54) is 4.88 Å². The summed E-state index contributed by atoms with van der Waals surface area (Å²) in [6.07, 6.45) is 0. The molecule has 1 atom stereocenters. The van der Waals surface area contributed by atoms with Gasteiger partial charge in [0.15, 0.2) is 4.67 Å². The molecule has 0 radical (unpaired) electrons. The molecule has 2 aromatic rings. The Hall–Kier alpha value is -0.140. The quantitative estimate of drug-likeness (QED) is 0.772. The van der Waals surface area contributed by atoms with E-state index in [1.807, 2.05) is 6.07 Å². The Labute approximate surface area is 134 Å². The number of hydrogen-bond acceptors (Lipinski definition) is 4. The molecule has 2 heterocycles. The maximum Gasteiger partial charge on any atom is 0.183 e. The lowest BCUT2D eigenvalue weighted by Gasteiger charge is -2.27. The molecule has 19 heavy (non-hydrogen) atoms. The summed E-state index contributed by atoms with van der Waals surface area (Å²) in [4.78, 5) is 3.66. The Morgan fingerprint density at radius 1 is 1.47 bits per heavy atom. The highest BCUT2D eigenvalue weighted by Gasteiger charge is 2.22. The van der Waals surface area contributed by atoms with Crippen molar-refractivity contribution in [2.75, 3.05) is 13.1 Å². The summed E-state index contributed by atoms with van der Waals surface area (Å²) in [5.74, 6) is 0.889. The number of halogens is 2. The Balaban J connectivity index is 2.18. The van der Waals surface area contributed by atoms with E-state index in [-0.39, 0.29) is 6.04 Å². The van der Waals surface area contributed by atoms with Crippen LogP contribution in [0.3, 0.4) is 0 Å². The van der Waals surface area contributed by atoms with Crippen molar-refractivity contribution in [3.05, 3.63) is 43.4 Å². The minimum Gasteiger partial charge on any atom is -0.451 e. The fraction of sp³-hybridized carbons (Fsp3) is 0.385. The number of hydrogen-bond donors (Lipinski definition) is 1. The van der Waals surface area contributed by atoms with Crippen molar-refractivity contribution < 1.29 is 4.42 Å². The minimum absolute atomic E-state index is 0.0923. The molecule has 2 rings (SSSR count). The number of nitrogens with two attached hydrogens (primary N) is 1. The Morgan fingerprint density at radius 2 is 2.26 bits per heavy atom. The average Bonchev–Trinajstić information content (AvgIpc) is 3.00. The first-order valence-electron chi connectivity index (χ1n) is 6.07. The van der Waals surface area contributed by atoms with Gasteiger partial charge in [0.2, 0.25) is 0 Å². The Kier molecular flexibility index (Phi) is 5.65. The third-order valence-electron chi connectivity index (χ3n) is 3.00. The van der Waals surface area contributed by atoms with Gasteiger partial charge < -0.3 is 10.2 Å². The van der Waals surface area contributed by atoms with Crippen molar-refractivity contribution in [2.45, 2.75) is 19.5 Å². The van der Waals surface area contributed by atoms with E-state index >= 15 is 0 Å². The maximum atomic E-state index is 5.94. The average molecular weight is 408 g/mol. The summed E-state index contributed by atoms with van der Waals surface area (Å²) in [6.45, 7) is 4.50. The molecule has 1 unspecified atom stereocenters. The lowest BCUT2D eigenvalue weighted by atomic mass is 10.2. The Bertz CT molecular complexity index is 493. The fourth-order valence-corrected chi connectivity index (χ4v) is 3.36. The van der Waals surface area contributed by atoms with Crippen LogP contribution < -0.4 is 5.73 Å². The standard InChI is InChI=1S/C13H16Br2N2OS/c1-2-17(8-9-4-3-5-19-9)11(7-16)12-6-10(14)13(15)18-12/h3-6,11H,2,7-8,16H2,1H3. The third kappa shape index (κ3) is 3.70. The zero-order valence-electron chi connectivity index (χ0n) is 10.6. The van der Waals surface area contributed by atoms with E-state index in [1.54, 1.807) is 11.3 Å². The molecular formula is C13H16Br2N2OS. The third-order valence-corrected chi connectivity index (χ3v) is 5.57. The van der Waals surface area contributed by atoms with Crippen molar-refractivity contribution in [1.82, 2.24) is 4.90 Å². The van der Waals surface area contributed by atoms with E-state index in [2.05, 4.69) is 61.2 Å². The van der Waals surface area contributed by atoms with Crippen LogP contribution in [0.4, 0.5) is 0 Å². The summed E-state index contributed by atoms with van der Waals surface area (Å²) in [5, 5.41) is 2.10. The van der Waals surface area contributed by atoms with Crippen molar-refractivity contribution in [3.63, 3.8) is 0 Å². The second-order valence-corrected chi connectivity index (χ2v) is 6.77. The molecule has 0 saturated carbocycles. The molecule has 2 aromatic heterocycles. The van der Waals surface area contributed by atoms with Crippen LogP contribution in [0.25, 0.3) is 0 Å². The Morgan fingerprint density at radius 3 is 2.74 bits per heavy atom. The van der Waals surface area contributed by atoms with E-state index in [0.29, 0.717) is 11.2 Å². The van der Waals surface area contributed by atoms with Gasteiger partial charge in [-0.15, -0.1) is 11.3 Å². The van der Waals surface area contributed by atoms with E-state index in [9.17, 15) is 0 Å². The molecule has 6 heteroatoms. The monoisotopic (exact) mass is 406 g/mol. The summed E-state index contributed by atoms with van der Waals surface area (Å²) in [7, 11) is 0. The number of furan rings is 1. The first kappa shape index (κ1) is 15.3. The van der Waals surface area contributed by atoms with Crippen molar-refractivity contribution in [1.29, 1.82) is 0 Å². The van der Waals surface area contributed by atoms with Gasteiger partial charge in [0.05, 0.1) is 10.5 Å². The van der Waals surface area contributed by atoms with Gasteiger partial charge in [-0.25, -0.2) is 0 Å². The zero-order chi connectivity index (χ0) is 13.8. The number of nitrogens with zero attached hydrogens (tertiary/aromatic N) is 1. The van der Waals surface area contributed by atoms with Crippen LogP contribution in [-0.4, -0.2) is 18.0 Å². The summed E-state index contributed by atoms with van der Waals surface area (Å²) >= 11 is 8.59. The van der Waals surface area contributed by atoms with Gasteiger partial charge in [-0.1, -0.05) is 13.0 Å². The molecule has 0 aliphatic rings. The van der Waals surface area contributed by atoms with E-state index in [4.69, 9.17) is 10.2 Å². The molecule has 0 spiro atoms. The number of rotatable bonds is 6. The van der Waals surface area contributed by atoms with E-state index < -0.39 is 0 Å². The fourth-order valence-electron chi connectivity index (χ4n) is 2.02. The molecule has 0 aliphatic heterocycles. The predicted molar refractivity (Wildman–Crippen MR) is 86.3 cm³/mol. The molecule has 104 valence electrons. The van der Waals surface area contributed by atoms with Crippen LogP contribution in [0.5, 0.6) is 0 Å². The van der Waals surface area contributed by atoms with Crippen molar-refractivity contribution in [2.24, 2.45) is 5.73 Å². The highest BCUT2D eigenvalue weighted by molar-refractivity contribution is 9.13. The van der Waals surface area contributed by atoms with Gasteiger partial charge in [-0.05, 0) is 55.9 Å². The largest absolute Gasteiger partial charge is 0.451 e. The molecule has 3 nitrogen and oxygen atoms in total. The highest BCUT2D eigenvalue weighted by atomic mass is 79.9. The van der Waals surface area contributed by atoms with Gasteiger partial charge in [-0.3, -0.25) is 4.90 Å². The van der Waals surface area contributed by atoms with Crippen molar-refractivity contribution >= 4 is 43.2 Å². The van der Waals surface area contributed by atoms with Crippen LogP contribution in [-0.2, 0) is 6.54 Å². The zero-order valence-corrected chi connectivity index (χ0v) is 14.6. The number of thiophene rings is 1. The minimum atomic E-state index is 0.0923. The van der Waals surface area contributed by atoms with E-state index in [0.717, 1.165) is 23.3 Å². The van der Waals surface area contributed by atoms with Gasteiger partial charge in [0.1, 0.15) is 5.76 Å². The second-order valence-electron chi connectivity index (χ2n) is 4.16. The van der Waals surface area contributed by atoms with Crippen LogP contribution >= 0.6 is 43.2 Å². The molecule has 0 bridgehead atoms. The molecule has 0 saturated heterocycles. The first-order chi connectivity index (χ1) is 9.15. The van der Waals surface area contributed by atoms with Crippen LogP contribution in [0.1, 0.15) is 23.6 Å². The molecular weight excluding hydrogens is 392 g/mol. The second kappa shape index (κ2) is 7.04. The molecule has 0 fully saturated rings. The summed E-state index contributed by atoms with van der Waals surface area (Å²) in [6, 6.07) is 6.30. The first-order valence-corrected chi connectivity index (χ1v) is 8.53. The topological polar surface area (TPSA) is 42.4 Å². The molecule has 2 N–H and O–H groups in total. The lowest BCUT2D eigenvalue weighted by Crippen LogP contribution is -2.32. The highest BCUT2D eigenvalue weighted by Crippen LogP contribution is 2.32. The smallest absolute Gasteiger partial charge is 0.183 e.